The second-order valence-electron chi connectivity index (χ2n) is 4.84. The van der Waals surface area contributed by atoms with Crippen molar-refractivity contribution in [2.45, 2.75) is 6.04 Å². The fourth-order valence-corrected chi connectivity index (χ4v) is 3.61. The molecule has 0 spiro atoms. The third-order valence-electron chi connectivity index (χ3n) is 3.57. The molecule has 1 unspecified atom stereocenters. The lowest BCUT2D eigenvalue weighted by molar-refractivity contribution is 0.690. The minimum absolute atomic E-state index is 0.119. The maximum absolute atomic E-state index is 4.41. The van der Waals surface area contributed by atoms with Crippen LogP contribution >= 0.6 is 38.5 Å². The molecule has 1 heterocycles. The number of benzene rings is 2. The van der Waals surface area contributed by atoms with Gasteiger partial charge in [-0.05, 0) is 64.4 Å². The molecule has 21 heavy (non-hydrogen) atoms. The molecule has 3 rings (SSSR count). The van der Waals surface area contributed by atoms with Crippen molar-refractivity contribution < 1.29 is 0 Å². The lowest BCUT2D eigenvalue weighted by Gasteiger charge is -2.20. The van der Waals surface area contributed by atoms with Crippen molar-refractivity contribution >= 4 is 49.3 Å². The summed E-state index contributed by atoms with van der Waals surface area (Å²) in [5, 5.41) is 5.83. The number of halogens is 2. The van der Waals surface area contributed by atoms with Crippen molar-refractivity contribution in [3.63, 3.8) is 0 Å². The van der Waals surface area contributed by atoms with Gasteiger partial charge in [0.2, 0.25) is 0 Å². The lowest BCUT2D eigenvalue weighted by atomic mass is 9.96. The largest absolute Gasteiger partial charge is 0.309 e. The van der Waals surface area contributed by atoms with Gasteiger partial charge >= 0.3 is 0 Å². The van der Waals surface area contributed by atoms with E-state index in [-0.39, 0.29) is 6.04 Å². The number of nitrogens with one attached hydrogen (secondary N) is 1. The van der Waals surface area contributed by atoms with Crippen molar-refractivity contribution in [1.82, 2.24) is 10.3 Å². The molecule has 0 aliphatic rings. The number of rotatable bonds is 3. The van der Waals surface area contributed by atoms with Crippen molar-refractivity contribution in [2.24, 2.45) is 0 Å². The first-order chi connectivity index (χ1) is 10.2. The van der Waals surface area contributed by atoms with Crippen LogP contribution in [0.1, 0.15) is 17.2 Å². The van der Waals surface area contributed by atoms with Crippen molar-refractivity contribution in [1.29, 1.82) is 0 Å². The maximum Gasteiger partial charge on any atom is 0.0606 e. The summed E-state index contributed by atoms with van der Waals surface area (Å²) < 4.78 is 2.33. The lowest BCUT2D eigenvalue weighted by Crippen LogP contribution is -2.19. The van der Waals surface area contributed by atoms with Crippen molar-refractivity contribution in [3.8, 4) is 0 Å². The first-order valence-electron chi connectivity index (χ1n) is 6.65. The monoisotopic (exact) mass is 452 g/mol. The normalized spacial score (nSPS) is 12.5. The number of fused-ring (bicyclic) bond motifs is 1. The van der Waals surface area contributed by atoms with Crippen LogP contribution in [0.4, 0.5) is 0 Å². The van der Waals surface area contributed by atoms with Gasteiger partial charge in [-0.25, -0.2) is 0 Å². The van der Waals surface area contributed by atoms with Crippen LogP contribution in [0.25, 0.3) is 10.8 Å². The Morgan fingerprint density at radius 3 is 2.71 bits per heavy atom. The van der Waals surface area contributed by atoms with Crippen LogP contribution in [0.3, 0.4) is 0 Å². The third-order valence-corrected chi connectivity index (χ3v) is 5.04. The molecule has 0 radical (unpaired) electrons. The fourth-order valence-electron chi connectivity index (χ4n) is 2.58. The Balaban J connectivity index is 2.21. The molecule has 1 N–H and O–H groups in total. The smallest absolute Gasteiger partial charge is 0.0606 e. The molecule has 3 aromatic rings. The van der Waals surface area contributed by atoms with E-state index in [0.717, 1.165) is 4.47 Å². The predicted octanol–water partition coefficient (Wildman–Crippen LogP) is 4.91. The SMILES string of the molecule is CNC(c1cc(Br)ccc1I)c1cncc2ccccc12. The van der Waals surface area contributed by atoms with Gasteiger partial charge in [-0.3, -0.25) is 4.98 Å². The number of hydrogen-bond donors (Lipinski definition) is 1. The van der Waals surface area contributed by atoms with E-state index in [1.807, 2.05) is 25.5 Å². The van der Waals surface area contributed by atoms with E-state index in [2.05, 4.69) is 85.2 Å². The molecule has 0 fully saturated rings. The molecule has 0 aliphatic heterocycles. The molecular formula is C17H14BrIN2. The zero-order valence-corrected chi connectivity index (χ0v) is 15.2. The third kappa shape index (κ3) is 2.98. The summed E-state index contributed by atoms with van der Waals surface area (Å²) in [6.07, 6.45) is 3.87. The van der Waals surface area contributed by atoms with Crippen LogP contribution in [0.2, 0.25) is 0 Å². The van der Waals surface area contributed by atoms with Gasteiger partial charge in [-0.1, -0.05) is 40.2 Å². The first-order valence-corrected chi connectivity index (χ1v) is 8.52. The van der Waals surface area contributed by atoms with E-state index >= 15 is 0 Å². The van der Waals surface area contributed by atoms with Gasteiger partial charge < -0.3 is 5.32 Å². The highest BCUT2D eigenvalue weighted by molar-refractivity contribution is 14.1. The van der Waals surface area contributed by atoms with Gasteiger partial charge in [-0.2, -0.15) is 0 Å². The number of hydrogen-bond acceptors (Lipinski definition) is 2. The van der Waals surface area contributed by atoms with Gasteiger partial charge in [0.25, 0.3) is 0 Å². The minimum Gasteiger partial charge on any atom is -0.309 e. The summed E-state index contributed by atoms with van der Waals surface area (Å²) in [7, 11) is 1.99. The molecule has 0 amide bonds. The highest BCUT2D eigenvalue weighted by Gasteiger charge is 2.18. The minimum atomic E-state index is 0.119. The summed E-state index contributed by atoms with van der Waals surface area (Å²) >= 11 is 5.95. The van der Waals surface area contributed by atoms with E-state index in [9.17, 15) is 0 Å². The first kappa shape index (κ1) is 14.9. The fraction of sp³-hybridized carbons (Fsp3) is 0.118. The van der Waals surface area contributed by atoms with Crippen molar-refractivity contribution in [3.05, 3.63) is 74.0 Å². The summed E-state index contributed by atoms with van der Waals surface area (Å²) in [5.41, 5.74) is 2.46. The second-order valence-corrected chi connectivity index (χ2v) is 6.92. The van der Waals surface area contributed by atoms with E-state index < -0.39 is 0 Å². The van der Waals surface area contributed by atoms with Gasteiger partial charge in [0.05, 0.1) is 6.04 Å². The Morgan fingerprint density at radius 2 is 1.90 bits per heavy atom. The second kappa shape index (κ2) is 6.42. The van der Waals surface area contributed by atoms with Gasteiger partial charge in [0.1, 0.15) is 0 Å². The van der Waals surface area contributed by atoms with Crippen LogP contribution in [0.15, 0.2) is 59.3 Å². The highest BCUT2D eigenvalue weighted by atomic mass is 127. The average Bonchev–Trinajstić information content (AvgIpc) is 2.51. The van der Waals surface area contributed by atoms with Crippen LogP contribution in [-0.2, 0) is 0 Å². The van der Waals surface area contributed by atoms with Gasteiger partial charge in [-0.15, -0.1) is 0 Å². The molecule has 106 valence electrons. The Hall–Kier alpha value is -0.980. The molecule has 0 aliphatic carbocycles. The predicted molar refractivity (Wildman–Crippen MR) is 99.5 cm³/mol. The van der Waals surface area contributed by atoms with Crippen LogP contribution in [-0.4, -0.2) is 12.0 Å². The molecule has 2 aromatic carbocycles. The van der Waals surface area contributed by atoms with E-state index in [1.54, 1.807) is 0 Å². The van der Waals surface area contributed by atoms with Gasteiger partial charge in [0.15, 0.2) is 0 Å². The summed E-state index contributed by atoms with van der Waals surface area (Å²) in [5.74, 6) is 0. The Bertz CT molecular complexity index is 783. The molecule has 0 saturated carbocycles. The van der Waals surface area contributed by atoms with Crippen LogP contribution in [0.5, 0.6) is 0 Å². The molecule has 0 bridgehead atoms. The Labute approximate surface area is 146 Å². The highest BCUT2D eigenvalue weighted by Crippen LogP contribution is 2.32. The number of pyridine rings is 1. The standard InChI is InChI=1S/C17H14BrIN2/c1-20-17(14-8-12(18)6-7-16(14)19)15-10-21-9-11-4-2-3-5-13(11)15/h2-10,17,20H,1H3. The molecule has 1 aromatic heterocycles. The average molecular weight is 453 g/mol. The summed E-state index contributed by atoms with van der Waals surface area (Å²) in [6.45, 7) is 0. The summed E-state index contributed by atoms with van der Waals surface area (Å²) in [4.78, 5) is 4.41. The van der Waals surface area contributed by atoms with E-state index in [4.69, 9.17) is 0 Å². The quantitative estimate of drug-likeness (QED) is 0.571. The van der Waals surface area contributed by atoms with Gasteiger partial charge in [0, 0.05) is 25.8 Å². The van der Waals surface area contributed by atoms with E-state index in [1.165, 1.54) is 25.5 Å². The van der Waals surface area contributed by atoms with Crippen LogP contribution in [0, 0.1) is 3.57 Å². The summed E-state index contributed by atoms with van der Waals surface area (Å²) in [6, 6.07) is 14.9. The van der Waals surface area contributed by atoms with Crippen LogP contribution < -0.4 is 5.32 Å². The van der Waals surface area contributed by atoms with E-state index in [0.29, 0.717) is 0 Å². The number of aromatic nitrogens is 1. The Kier molecular flexibility index (Phi) is 4.57. The zero-order valence-electron chi connectivity index (χ0n) is 11.5. The molecule has 0 saturated heterocycles. The Morgan fingerprint density at radius 1 is 1.10 bits per heavy atom. The molecule has 4 heteroatoms. The molecule has 1 atom stereocenters. The number of nitrogens with zero attached hydrogens (tertiary/aromatic N) is 1. The van der Waals surface area contributed by atoms with Crippen molar-refractivity contribution in [2.75, 3.05) is 7.05 Å². The molecule has 2 nitrogen and oxygen atoms in total. The zero-order chi connectivity index (χ0) is 14.8. The molecular weight excluding hydrogens is 439 g/mol. The maximum atomic E-state index is 4.41. The topological polar surface area (TPSA) is 24.9 Å².